The number of carbonyl (C=O) groups is 2. The van der Waals surface area contributed by atoms with Crippen molar-refractivity contribution in [3.8, 4) is 0 Å². The molecule has 11 heteroatoms. The van der Waals surface area contributed by atoms with Crippen molar-refractivity contribution in [1.29, 1.82) is 0 Å². The Kier molecular flexibility index (Phi) is 10.0. The van der Waals surface area contributed by atoms with Gasteiger partial charge in [0.2, 0.25) is 11.8 Å². The molecule has 0 unspecified atom stereocenters. The standard InChI is InChI=1S/C27H30BrFN4O4S/c1-30-27(35)25(17-20-10-5-4-6-11-20)32(18-21-12-9-13-22(28)16-21)26(34)19-33(38(36,37)31(2)3)24-15-8-7-14-23(24)29/h4-16,25H,17-19H2,1-3H3,(H,30,35)/t25-/m1/s1. The molecule has 0 aliphatic carbocycles. The number of benzene rings is 3. The lowest BCUT2D eigenvalue weighted by atomic mass is 10.0. The van der Waals surface area contributed by atoms with Crippen molar-refractivity contribution in [3.63, 3.8) is 0 Å². The molecule has 0 spiro atoms. The maximum absolute atomic E-state index is 14.8. The van der Waals surface area contributed by atoms with E-state index in [4.69, 9.17) is 0 Å². The average molecular weight is 606 g/mol. The first-order chi connectivity index (χ1) is 18.0. The zero-order valence-corrected chi connectivity index (χ0v) is 23.7. The number of anilines is 1. The van der Waals surface area contributed by atoms with Gasteiger partial charge >= 0.3 is 10.2 Å². The number of para-hydroxylation sites is 1. The van der Waals surface area contributed by atoms with Gasteiger partial charge in [0.05, 0.1) is 5.69 Å². The highest BCUT2D eigenvalue weighted by atomic mass is 79.9. The molecule has 0 radical (unpaired) electrons. The summed E-state index contributed by atoms with van der Waals surface area (Å²) in [5, 5.41) is 2.62. The van der Waals surface area contributed by atoms with Crippen molar-refractivity contribution in [1.82, 2.24) is 14.5 Å². The molecule has 1 N–H and O–H groups in total. The molecule has 0 fully saturated rings. The second-order valence-electron chi connectivity index (χ2n) is 8.72. The van der Waals surface area contributed by atoms with Crippen molar-refractivity contribution in [2.24, 2.45) is 0 Å². The molecule has 0 heterocycles. The van der Waals surface area contributed by atoms with Gasteiger partial charge in [-0.15, -0.1) is 0 Å². The third kappa shape index (κ3) is 7.18. The van der Waals surface area contributed by atoms with Gasteiger partial charge in [0.1, 0.15) is 18.4 Å². The predicted molar refractivity (Wildman–Crippen MR) is 149 cm³/mol. The zero-order valence-electron chi connectivity index (χ0n) is 21.3. The Hall–Kier alpha value is -3.28. The van der Waals surface area contributed by atoms with Gasteiger partial charge in [-0.3, -0.25) is 9.59 Å². The van der Waals surface area contributed by atoms with E-state index in [0.717, 1.165) is 30.3 Å². The van der Waals surface area contributed by atoms with Gasteiger partial charge in [-0.2, -0.15) is 12.7 Å². The quantitative estimate of drug-likeness (QED) is 0.362. The topological polar surface area (TPSA) is 90.0 Å². The minimum absolute atomic E-state index is 0.0241. The number of hydrogen-bond acceptors (Lipinski definition) is 4. The summed E-state index contributed by atoms with van der Waals surface area (Å²) >= 11 is 3.43. The average Bonchev–Trinajstić information content (AvgIpc) is 2.89. The summed E-state index contributed by atoms with van der Waals surface area (Å²) in [6.45, 7) is -0.686. The molecule has 0 aromatic heterocycles. The van der Waals surface area contributed by atoms with E-state index in [1.807, 2.05) is 42.5 Å². The molecule has 3 aromatic rings. The third-order valence-electron chi connectivity index (χ3n) is 5.90. The second-order valence-corrected chi connectivity index (χ2v) is 11.7. The van der Waals surface area contributed by atoms with Gasteiger partial charge in [-0.25, -0.2) is 8.70 Å². The highest BCUT2D eigenvalue weighted by molar-refractivity contribution is 9.10. The third-order valence-corrected chi connectivity index (χ3v) is 8.20. The number of rotatable bonds is 11. The van der Waals surface area contributed by atoms with E-state index in [2.05, 4.69) is 21.2 Å². The predicted octanol–water partition coefficient (Wildman–Crippen LogP) is 3.59. The number of halogens is 2. The van der Waals surface area contributed by atoms with Crippen LogP contribution in [-0.4, -0.2) is 63.2 Å². The van der Waals surface area contributed by atoms with E-state index in [-0.39, 0.29) is 18.7 Å². The number of hydrogen-bond donors (Lipinski definition) is 1. The smallest absolute Gasteiger partial charge is 0.304 e. The molecule has 0 bridgehead atoms. The largest absolute Gasteiger partial charge is 0.357 e. The lowest BCUT2D eigenvalue weighted by Gasteiger charge is -2.34. The molecular formula is C27H30BrFN4O4S. The van der Waals surface area contributed by atoms with Crippen LogP contribution in [0.3, 0.4) is 0 Å². The fourth-order valence-electron chi connectivity index (χ4n) is 3.91. The van der Waals surface area contributed by atoms with Crippen molar-refractivity contribution in [2.45, 2.75) is 19.0 Å². The Bertz CT molecular complexity index is 1370. The summed E-state index contributed by atoms with van der Waals surface area (Å²) in [5.74, 6) is -1.87. The van der Waals surface area contributed by atoms with Crippen LogP contribution in [0.2, 0.25) is 0 Å². The molecule has 0 saturated heterocycles. The molecule has 3 aromatic carbocycles. The fraction of sp³-hybridized carbons (Fsp3) is 0.259. The first-order valence-electron chi connectivity index (χ1n) is 11.8. The van der Waals surface area contributed by atoms with Crippen LogP contribution >= 0.6 is 15.9 Å². The van der Waals surface area contributed by atoms with E-state index in [0.29, 0.717) is 0 Å². The molecule has 38 heavy (non-hydrogen) atoms. The van der Waals surface area contributed by atoms with Crippen LogP contribution in [0.5, 0.6) is 0 Å². The van der Waals surface area contributed by atoms with Crippen molar-refractivity contribution >= 4 is 43.6 Å². The van der Waals surface area contributed by atoms with Gasteiger partial charge in [-0.1, -0.05) is 70.5 Å². The fourth-order valence-corrected chi connectivity index (χ4v) is 5.42. The maximum Gasteiger partial charge on any atom is 0.304 e. The lowest BCUT2D eigenvalue weighted by Crippen LogP contribution is -2.54. The van der Waals surface area contributed by atoms with Crippen LogP contribution in [0.4, 0.5) is 10.1 Å². The lowest BCUT2D eigenvalue weighted by molar-refractivity contribution is -0.139. The van der Waals surface area contributed by atoms with E-state index in [9.17, 15) is 22.4 Å². The zero-order chi connectivity index (χ0) is 27.9. The Morgan fingerprint density at radius 2 is 1.58 bits per heavy atom. The van der Waals surface area contributed by atoms with E-state index in [1.165, 1.54) is 44.2 Å². The minimum atomic E-state index is -4.26. The molecular weight excluding hydrogens is 575 g/mol. The van der Waals surface area contributed by atoms with Crippen molar-refractivity contribution < 1.29 is 22.4 Å². The monoisotopic (exact) mass is 604 g/mol. The van der Waals surface area contributed by atoms with Crippen LogP contribution in [0, 0.1) is 5.82 Å². The van der Waals surface area contributed by atoms with Crippen LogP contribution in [0.25, 0.3) is 0 Å². The molecule has 202 valence electrons. The van der Waals surface area contributed by atoms with Crippen LogP contribution in [0.15, 0.2) is 83.3 Å². The van der Waals surface area contributed by atoms with Gasteiger partial charge < -0.3 is 10.2 Å². The summed E-state index contributed by atoms with van der Waals surface area (Å²) in [7, 11) is -0.183. The summed E-state index contributed by atoms with van der Waals surface area (Å²) in [4.78, 5) is 28.4. The Morgan fingerprint density at radius 1 is 0.947 bits per heavy atom. The highest BCUT2D eigenvalue weighted by Gasteiger charge is 2.35. The van der Waals surface area contributed by atoms with Crippen LogP contribution in [-0.2, 0) is 32.8 Å². The molecule has 3 rings (SSSR count). The van der Waals surface area contributed by atoms with Crippen molar-refractivity contribution in [3.05, 3.63) is 100 Å². The van der Waals surface area contributed by atoms with Crippen molar-refractivity contribution in [2.75, 3.05) is 32.0 Å². The van der Waals surface area contributed by atoms with Gasteiger partial charge in [0.15, 0.2) is 0 Å². The van der Waals surface area contributed by atoms with E-state index < -0.39 is 40.4 Å². The highest BCUT2D eigenvalue weighted by Crippen LogP contribution is 2.24. The molecule has 2 amide bonds. The number of nitrogens with zero attached hydrogens (tertiary/aromatic N) is 3. The summed E-state index contributed by atoms with van der Waals surface area (Å²) in [6.07, 6.45) is 0.195. The Morgan fingerprint density at radius 3 is 2.18 bits per heavy atom. The van der Waals surface area contributed by atoms with E-state index in [1.54, 1.807) is 12.1 Å². The first-order valence-corrected chi connectivity index (χ1v) is 14.0. The van der Waals surface area contributed by atoms with Gasteiger partial charge in [-0.05, 0) is 35.4 Å². The second kappa shape index (κ2) is 13.0. The molecule has 0 saturated carbocycles. The van der Waals surface area contributed by atoms with Crippen LogP contribution < -0.4 is 9.62 Å². The van der Waals surface area contributed by atoms with Gasteiger partial charge in [0, 0.05) is 38.6 Å². The molecule has 1 atom stereocenters. The Labute approximate surface area is 231 Å². The number of nitrogens with one attached hydrogen (secondary N) is 1. The van der Waals surface area contributed by atoms with E-state index >= 15 is 0 Å². The SMILES string of the molecule is CNC(=O)[C@@H](Cc1ccccc1)N(Cc1cccc(Br)c1)C(=O)CN(c1ccccc1F)S(=O)(=O)N(C)C. The first kappa shape index (κ1) is 29.3. The molecule has 0 aliphatic rings. The summed E-state index contributed by atoms with van der Waals surface area (Å²) in [6, 6.07) is 20.8. The summed E-state index contributed by atoms with van der Waals surface area (Å²) < 4.78 is 43.6. The number of amides is 2. The minimum Gasteiger partial charge on any atom is -0.357 e. The maximum atomic E-state index is 14.8. The van der Waals surface area contributed by atoms with Gasteiger partial charge in [0.25, 0.3) is 0 Å². The number of carbonyl (C=O) groups excluding carboxylic acids is 2. The molecule has 0 aliphatic heterocycles. The summed E-state index contributed by atoms with van der Waals surface area (Å²) in [5.41, 5.74) is 1.28. The normalized spacial score (nSPS) is 12.2. The Balaban J connectivity index is 2.08. The number of likely N-dealkylation sites (N-methyl/N-ethyl adjacent to an activating group) is 1. The van der Waals surface area contributed by atoms with Crippen LogP contribution in [0.1, 0.15) is 11.1 Å². The molecule has 8 nitrogen and oxygen atoms in total.